The molecule has 0 radical (unpaired) electrons. The van der Waals surface area contributed by atoms with Crippen molar-refractivity contribution in [2.45, 2.75) is 31.2 Å². The molecule has 11 heteroatoms. The lowest BCUT2D eigenvalue weighted by molar-refractivity contribution is -0.143. The van der Waals surface area contributed by atoms with Crippen molar-refractivity contribution >= 4 is 43.5 Å². The highest BCUT2D eigenvalue weighted by molar-refractivity contribution is 7.89. The lowest BCUT2D eigenvalue weighted by Gasteiger charge is -2.15. The lowest BCUT2D eigenvalue weighted by atomic mass is 10.2. The molecule has 4 rings (SSSR count). The summed E-state index contributed by atoms with van der Waals surface area (Å²) in [6.07, 6.45) is 1.70. The maximum atomic E-state index is 12.9. The largest absolute Gasteiger partial charge is 0.495 e. The van der Waals surface area contributed by atoms with Crippen LogP contribution in [0.4, 0.5) is 0 Å². The second-order valence-corrected chi connectivity index (χ2v) is 10.6. The fourth-order valence-electron chi connectivity index (χ4n) is 3.83. The number of carbonyl (C=O) groups is 2. The van der Waals surface area contributed by atoms with Gasteiger partial charge in [-0.2, -0.15) is 9.30 Å². The van der Waals surface area contributed by atoms with Crippen molar-refractivity contribution in [2.24, 2.45) is 4.99 Å². The van der Waals surface area contributed by atoms with E-state index < -0.39 is 21.9 Å². The van der Waals surface area contributed by atoms with Crippen LogP contribution in [-0.2, 0) is 26.1 Å². The van der Waals surface area contributed by atoms with Crippen LogP contribution in [0.2, 0.25) is 0 Å². The fourth-order valence-corrected chi connectivity index (χ4v) is 6.39. The van der Waals surface area contributed by atoms with Gasteiger partial charge in [0.2, 0.25) is 10.0 Å². The molecule has 0 bridgehead atoms. The number of para-hydroxylation sites is 1. The molecule has 3 aromatic rings. The number of thiazole rings is 1. The maximum absolute atomic E-state index is 12.9. The van der Waals surface area contributed by atoms with Crippen LogP contribution < -0.4 is 9.54 Å². The molecule has 1 fully saturated rings. The van der Waals surface area contributed by atoms with Crippen molar-refractivity contribution in [1.29, 1.82) is 0 Å². The van der Waals surface area contributed by atoms with Gasteiger partial charge in [0.05, 0.1) is 23.3 Å². The minimum atomic E-state index is -3.57. The third kappa shape index (κ3) is 4.77. The number of carbonyl (C=O) groups excluding carboxylic acids is 2. The van der Waals surface area contributed by atoms with Crippen LogP contribution in [0, 0.1) is 0 Å². The molecular formula is C23H25N3O6S2. The molecule has 0 spiro atoms. The molecule has 2 heterocycles. The number of hydrogen-bond acceptors (Lipinski definition) is 7. The van der Waals surface area contributed by atoms with E-state index in [1.807, 2.05) is 12.1 Å². The van der Waals surface area contributed by atoms with Gasteiger partial charge in [-0.3, -0.25) is 9.59 Å². The van der Waals surface area contributed by atoms with Gasteiger partial charge in [0.25, 0.3) is 5.91 Å². The number of ether oxygens (including phenoxy) is 2. The van der Waals surface area contributed by atoms with Gasteiger partial charge in [-0.05, 0) is 56.2 Å². The zero-order chi connectivity index (χ0) is 24.3. The molecule has 1 saturated heterocycles. The molecular weight excluding hydrogens is 478 g/mol. The van der Waals surface area contributed by atoms with Crippen LogP contribution in [0.25, 0.3) is 10.2 Å². The first kappa shape index (κ1) is 24.1. The predicted octanol–water partition coefficient (Wildman–Crippen LogP) is 2.80. The monoisotopic (exact) mass is 503 g/mol. The molecule has 9 nitrogen and oxygen atoms in total. The Kier molecular flexibility index (Phi) is 7.15. The molecule has 34 heavy (non-hydrogen) atoms. The van der Waals surface area contributed by atoms with Crippen molar-refractivity contribution in [3.05, 3.63) is 52.8 Å². The van der Waals surface area contributed by atoms with Crippen LogP contribution in [0.1, 0.15) is 30.1 Å². The van der Waals surface area contributed by atoms with Crippen molar-refractivity contribution in [1.82, 2.24) is 8.87 Å². The van der Waals surface area contributed by atoms with E-state index in [0.717, 1.165) is 17.5 Å². The van der Waals surface area contributed by atoms with Crippen molar-refractivity contribution in [3.63, 3.8) is 0 Å². The molecule has 180 valence electrons. The van der Waals surface area contributed by atoms with E-state index in [1.165, 1.54) is 47.0 Å². The van der Waals surface area contributed by atoms with E-state index in [0.29, 0.717) is 29.2 Å². The van der Waals surface area contributed by atoms with E-state index in [2.05, 4.69) is 4.99 Å². The first-order valence-electron chi connectivity index (χ1n) is 10.9. The molecule has 1 aliphatic rings. The smallest absolute Gasteiger partial charge is 0.326 e. The molecule has 1 aromatic heterocycles. The second-order valence-electron chi connectivity index (χ2n) is 7.64. The van der Waals surface area contributed by atoms with E-state index in [-0.39, 0.29) is 23.6 Å². The highest BCUT2D eigenvalue weighted by Gasteiger charge is 2.27. The summed E-state index contributed by atoms with van der Waals surface area (Å²) in [7, 11) is -2.04. The van der Waals surface area contributed by atoms with E-state index in [4.69, 9.17) is 9.47 Å². The number of esters is 1. The fraction of sp³-hybridized carbons (Fsp3) is 0.348. The third-order valence-corrected chi connectivity index (χ3v) is 8.43. The normalized spacial score (nSPS) is 15.1. The number of sulfonamides is 1. The van der Waals surface area contributed by atoms with Gasteiger partial charge in [0, 0.05) is 18.7 Å². The van der Waals surface area contributed by atoms with Crippen LogP contribution in [0.5, 0.6) is 5.75 Å². The minimum absolute atomic E-state index is 0.132. The van der Waals surface area contributed by atoms with Gasteiger partial charge < -0.3 is 14.0 Å². The average molecular weight is 504 g/mol. The lowest BCUT2D eigenvalue weighted by Crippen LogP contribution is -2.27. The SMILES string of the molecule is CCOC(=O)Cn1c(=NC(=O)c2ccc(S(=O)(=O)N3CCCC3)cc2)sc2cccc(OC)c21. The minimum Gasteiger partial charge on any atom is -0.495 e. The van der Waals surface area contributed by atoms with Gasteiger partial charge in [0.1, 0.15) is 17.8 Å². The Hall–Kier alpha value is -3.02. The highest BCUT2D eigenvalue weighted by atomic mass is 32.2. The first-order chi connectivity index (χ1) is 16.3. The van der Waals surface area contributed by atoms with E-state index in [1.54, 1.807) is 17.6 Å². The summed E-state index contributed by atoms with van der Waals surface area (Å²) >= 11 is 1.25. The standard InChI is InChI=1S/C23H25N3O6S2/c1-3-32-20(27)15-26-21-18(31-2)7-6-8-19(21)33-23(26)24-22(28)16-9-11-17(12-10-16)34(29,30)25-13-4-5-14-25/h6-12H,3-5,13-15H2,1-2H3. The molecule has 0 N–H and O–H groups in total. The Morgan fingerprint density at radius 3 is 2.44 bits per heavy atom. The maximum Gasteiger partial charge on any atom is 0.326 e. The number of amides is 1. The summed E-state index contributed by atoms with van der Waals surface area (Å²) in [4.78, 5) is 29.9. The Bertz CT molecular complexity index is 1380. The predicted molar refractivity (Wildman–Crippen MR) is 127 cm³/mol. The highest BCUT2D eigenvalue weighted by Crippen LogP contribution is 2.27. The van der Waals surface area contributed by atoms with Crippen LogP contribution in [0.3, 0.4) is 0 Å². The summed E-state index contributed by atoms with van der Waals surface area (Å²) in [5.41, 5.74) is 0.883. The quantitative estimate of drug-likeness (QED) is 0.459. The van der Waals surface area contributed by atoms with Crippen molar-refractivity contribution in [3.8, 4) is 5.75 Å². The summed E-state index contributed by atoms with van der Waals surface area (Å²) in [6, 6.07) is 11.2. The van der Waals surface area contributed by atoms with Crippen molar-refractivity contribution < 1.29 is 27.5 Å². The van der Waals surface area contributed by atoms with Crippen LogP contribution in [0.15, 0.2) is 52.4 Å². The Labute approximate surface area is 201 Å². The van der Waals surface area contributed by atoms with Crippen molar-refractivity contribution in [2.75, 3.05) is 26.8 Å². The Balaban J connectivity index is 1.70. The Morgan fingerprint density at radius 1 is 1.09 bits per heavy atom. The van der Waals surface area contributed by atoms with Gasteiger partial charge in [-0.15, -0.1) is 0 Å². The number of fused-ring (bicyclic) bond motifs is 1. The Morgan fingerprint density at radius 2 is 1.79 bits per heavy atom. The molecule has 0 unspecified atom stereocenters. The third-order valence-electron chi connectivity index (χ3n) is 5.48. The summed E-state index contributed by atoms with van der Waals surface area (Å²) in [6.45, 7) is 2.84. The van der Waals surface area contributed by atoms with Gasteiger partial charge >= 0.3 is 5.97 Å². The average Bonchev–Trinajstić information content (AvgIpc) is 3.49. The van der Waals surface area contributed by atoms with E-state index >= 15 is 0 Å². The zero-order valence-corrected chi connectivity index (χ0v) is 20.5. The topological polar surface area (TPSA) is 107 Å². The molecule has 0 aliphatic carbocycles. The number of rotatable bonds is 7. The number of aromatic nitrogens is 1. The molecule has 1 aliphatic heterocycles. The molecule has 1 amide bonds. The zero-order valence-electron chi connectivity index (χ0n) is 18.9. The van der Waals surface area contributed by atoms with Crippen LogP contribution >= 0.6 is 11.3 Å². The number of methoxy groups -OCH3 is 1. The van der Waals surface area contributed by atoms with Gasteiger partial charge in [-0.25, -0.2) is 8.42 Å². The number of hydrogen-bond donors (Lipinski definition) is 0. The van der Waals surface area contributed by atoms with Gasteiger partial charge in [-0.1, -0.05) is 17.4 Å². The molecule has 0 saturated carbocycles. The van der Waals surface area contributed by atoms with Gasteiger partial charge in [0.15, 0.2) is 4.80 Å². The number of nitrogens with zero attached hydrogens (tertiary/aromatic N) is 3. The van der Waals surface area contributed by atoms with E-state index in [9.17, 15) is 18.0 Å². The molecule has 0 atom stereocenters. The summed E-state index contributed by atoms with van der Waals surface area (Å²) < 4.78 is 39.8. The second kappa shape index (κ2) is 10.1. The summed E-state index contributed by atoms with van der Waals surface area (Å²) in [5.74, 6) is -0.463. The van der Waals surface area contributed by atoms with Crippen LogP contribution in [-0.4, -0.2) is 56.0 Å². The number of benzene rings is 2. The summed E-state index contributed by atoms with van der Waals surface area (Å²) in [5, 5.41) is 0. The molecule has 2 aromatic carbocycles. The first-order valence-corrected chi connectivity index (χ1v) is 13.1.